The molecule has 0 heterocycles. The van der Waals surface area contributed by atoms with Gasteiger partial charge in [-0.15, -0.1) is 0 Å². The van der Waals surface area contributed by atoms with E-state index in [0.717, 1.165) is 6.07 Å². The van der Waals surface area contributed by atoms with Crippen LogP contribution in [0.15, 0.2) is 23.2 Å². The Kier molecular flexibility index (Phi) is 8.81. The van der Waals surface area contributed by atoms with Gasteiger partial charge in [0.25, 0.3) is 0 Å². The first-order valence-electron chi connectivity index (χ1n) is 8.56. The summed E-state index contributed by atoms with van der Waals surface area (Å²) in [4.78, 5) is 15.6. The number of nitrogens with one attached hydrogen (secondary N) is 3. The van der Waals surface area contributed by atoms with Crippen molar-refractivity contribution in [2.45, 2.75) is 39.2 Å². The molecule has 0 radical (unpaired) electrons. The summed E-state index contributed by atoms with van der Waals surface area (Å²) < 4.78 is 31.4. The Bertz CT molecular complexity index is 595. The number of ether oxygens (including phenoxy) is 1. The zero-order valence-electron chi connectivity index (χ0n) is 15.8. The number of hydrogen-bond acceptors (Lipinski definition) is 3. The number of rotatable bonds is 7. The van der Waals surface area contributed by atoms with E-state index >= 15 is 0 Å². The van der Waals surface area contributed by atoms with Gasteiger partial charge in [-0.3, -0.25) is 4.99 Å². The van der Waals surface area contributed by atoms with Crippen LogP contribution in [0.2, 0.25) is 0 Å². The summed E-state index contributed by atoms with van der Waals surface area (Å²) >= 11 is 0. The van der Waals surface area contributed by atoms with Gasteiger partial charge in [-0.25, -0.2) is 13.6 Å². The van der Waals surface area contributed by atoms with Gasteiger partial charge >= 0.3 is 6.09 Å². The van der Waals surface area contributed by atoms with Crippen LogP contribution < -0.4 is 16.0 Å². The van der Waals surface area contributed by atoms with E-state index < -0.39 is 23.3 Å². The maximum absolute atomic E-state index is 13.1. The van der Waals surface area contributed by atoms with Gasteiger partial charge in [0.15, 0.2) is 5.96 Å². The molecule has 6 nitrogen and oxygen atoms in total. The van der Waals surface area contributed by atoms with Gasteiger partial charge in [0.1, 0.15) is 17.2 Å². The molecule has 0 fully saturated rings. The monoisotopic (exact) mass is 370 g/mol. The first kappa shape index (κ1) is 21.7. The normalized spacial score (nSPS) is 11.8. The van der Waals surface area contributed by atoms with Gasteiger partial charge in [0, 0.05) is 32.7 Å². The predicted molar refractivity (Wildman–Crippen MR) is 98.3 cm³/mol. The third kappa shape index (κ3) is 9.80. The second-order valence-corrected chi connectivity index (χ2v) is 6.74. The number of benzene rings is 1. The van der Waals surface area contributed by atoms with Crippen molar-refractivity contribution in [3.05, 3.63) is 35.4 Å². The Morgan fingerprint density at radius 3 is 2.19 bits per heavy atom. The lowest BCUT2D eigenvalue weighted by Gasteiger charge is -2.19. The summed E-state index contributed by atoms with van der Waals surface area (Å²) in [6.45, 7) is 6.98. The first-order chi connectivity index (χ1) is 12.2. The fourth-order valence-corrected chi connectivity index (χ4v) is 2.10. The number of aliphatic imine (C=N–C) groups is 1. The summed E-state index contributed by atoms with van der Waals surface area (Å²) in [7, 11) is 1.64. The molecule has 0 atom stereocenters. The van der Waals surface area contributed by atoms with E-state index in [2.05, 4.69) is 20.9 Å². The molecule has 0 aliphatic heterocycles. The number of carbonyl (C=O) groups excluding carboxylic acids is 1. The number of halogens is 2. The molecule has 0 aliphatic carbocycles. The van der Waals surface area contributed by atoms with Crippen LogP contribution in [0.25, 0.3) is 0 Å². The molecule has 1 rings (SSSR count). The summed E-state index contributed by atoms with van der Waals surface area (Å²) in [5, 5.41) is 8.84. The number of amides is 1. The molecule has 0 saturated heterocycles. The van der Waals surface area contributed by atoms with E-state index in [1.165, 1.54) is 12.1 Å². The van der Waals surface area contributed by atoms with Gasteiger partial charge in [-0.05, 0) is 51.3 Å². The van der Waals surface area contributed by atoms with Crippen molar-refractivity contribution in [3.63, 3.8) is 0 Å². The lowest BCUT2D eigenvalue weighted by Crippen LogP contribution is -2.40. The molecule has 0 unspecified atom stereocenters. The molecule has 0 aliphatic rings. The number of alkyl carbamates (subject to hydrolysis) is 1. The third-order valence-corrected chi connectivity index (χ3v) is 3.17. The molecule has 0 aromatic heterocycles. The smallest absolute Gasteiger partial charge is 0.407 e. The standard InChI is InChI=1S/C18H28F2N4O2/c1-18(2,3)26-17(25)24-8-5-7-22-16(21-4)23-9-6-13-10-14(19)12-15(20)11-13/h10-12H,5-9H2,1-4H3,(H,24,25)(H2,21,22,23). The maximum Gasteiger partial charge on any atom is 0.407 e. The Labute approximate surface area is 153 Å². The molecule has 26 heavy (non-hydrogen) atoms. The van der Waals surface area contributed by atoms with Crippen LogP contribution >= 0.6 is 0 Å². The van der Waals surface area contributed by atoms with Crippen molar-refractivity contribution in [3.8, 4) is 0 Å². The van der Waals surface area contributed by atoms with E-state index in [1.807, 2.05) is 20.8 Å². The highest BCUT2D eigenvalue weighted by Crippen LogP contribution is 2.08. The Balaban J connectivity index is 2.20. The van der Waals surface area contributed by atoms with Crippen LogP contribution in [0.5, 0.6) is 0 Å². The first-order valence-corrected chi connectivity index (χ1v) is 8.56. The van der Waals surface area contributed by atoms with E-state index in [9.17, 15) is 13.6 Å². The molecule has 0 bridgehead atoms. The molecule has 1 amide bonds. The van der Waals surface area contributed by atoms with Crippen molar-refractivity contribution >= 4 is 12.1 Å². The van der Waals surface area contributed by atoms with Crippen LogP contribution in [-0.4, -0.2) is 44.3 Å². The van der Waals surface area contributed by atoms with Crippen LogP contribution in [0.3, 0.4) is 0 Å². The van der Waals surface area contributed by atoms with E-state index in [0.29, 0.717) is 44.0 Å². The SMILES string of the molecule is CN=C(NCCCNC(=O)OC(C)(C)C)NCCc1cc(F)cc(F)c1. The molecule has 8 heteroatoms. The molecule has 1 aromatic carbocycles. The molecule has 1 aromatic rings. The van der Waals surface area contributed by atoms with Gasteiger partial charge in [-0.1, -0.05) is 0 Å². The summed E-state index contributed by atoms with van der Waals surface area (Å²) in [6, 6.07) is 3.47. The largest absolute Gasteiger partial charge is 0.444 e. The molecule has 3 N–H and O–H groups in total. The minimum atomic E-state index is -0.583. The highest BCUT2D eigenvalue weighted by Gasteiger charge is 2.15. The van der Waals surface area contributed by atoms with Gasteiger partial charge in [0.2, 0.25) is 0 Å². The lowest BCUT2D eigenvalue weighted by molar-refractivity contribution is 0.0527. The summed E-state index contributed by atoms with van der Waals surface area (Å²) in [6.07, 6.45) is 0.715. The van der Waals surface area contributed by atoms with Crippen LogP contribution in [-0.2, 0) is 11.2 Å². The van der Waals surface area contributed by atoms with Crippen LogP contribution in [0, 0.1) is 11.6 Å². The molecule has 146 valence electrons. The van der Waals surface area contributed by atoms with Crippen LogP contribution in [0.4, 0.5) is 13.6 Å². The van der Waals surface area contributed by atoms with Crippen molar-refractivity contribution in [1.29, 1.82) is 0 Å². The second-order valence-electron chi connectivity index (χ2n) is 6.74. The second kappa shape index (κ2) is 10.6. The number of hydrogen-bond donors (Lipinski definition) is 3. The minimum Gasteiger partial charge on any atom is -0.444 e. The zero-order valence-corrected chi connectivity index (χ0v) is 15.8. The quantitative estimate of drug-likeness (QED) is 0.392. The van der Waals surface area contributed by atoms with Gasteiger partial charge in [-0.2, -0.15) is 0 Å². The van der Waals surface area contributed by atoms with Crippen molar-refractivity contribution < 1.29 is 18.3 Å². The minimum absolute atomic E-state index is 0.442. The topological polar surface area (TPSA) is 74.8 Å². The molecular formula is C18H28F2N4O2. The number of carbonyl (C=O) groups is 1. The zero-order chi connectivity index (χ0) is 19.6. The molecule has 0 saturated carbocycles. The number of guanidine groups is 1. The molecule has 0 spiro atoms. The fraction of sp³-hybridized carbons (Fsp3) is 0.556. The van der Waals surface area contributed by atoms with Gasteiger partial charge < -0.3 is 20.7 Å². The summed E-state index contributed by atoms with van der Waals surface area (Å²) in [5.74, 6) is -0.584. The lowest BCUT2D eigenvalue weighted by atomic mass is 10.1. The predicted octanol–water partition coefficient (Wildman–Crippen LogP) is 2.59. The van der Waals surface area contributed by atoms with E-state index in [1.54, 1.807) is 7.05 Å². The Hall–Kier alpha value is -2.38. The van der Waals surface area contributed by atoms with E-state index in [4.69, 9.17) is 4.74 Å². The van der Waals surface area contributed by atoms with Crippen molar-refractivity contribution in [2.24, 2.45) is 4.99 Å². The Morgan fingerprint density at radius 1 is 1.04 bits per heavy atom. The highest BCUT2D eigenvalue weighted by atomic mass is 19.1. The molecular weight excluding hydrogens is 342 g/mol. The van der Waals surface area contributed by atoms with Crippen molar-refractivity contribution in [1.82, 2.24) is 16.0 Å². The fourth-order valence-electron chi connectivity index (χ4n) is 2.10. The average molecular weight is 370 g/mol. The number of nitrogens with zero attached hydrogens (tertiary/aromatic N) is 1. The van der Waals surface area contributed by atoms with Gasteiger partial charge in [0.05, 0.1) is 0 Å². The van der Waals surface area contributed by atoms with Crippen molar-refractivity contribution in [2.75, 3.05) is 26.7 Å². The average Bonchev–Trinajstić information content (AvgIpc) is 2.50. The van der Waals surface area contributed by atoms with Crippen LogP contribution in [0.1, 0.15) is 32.8 Å². The maximum atomic E-state index is 13.1. The summed E-state index contributed by atoms with van der Waals surface area (Å²) in [5.41, 5.74) is 0.0609. The Morgan fingerprint density at radius 2 is 1.62 bits per heavy atom. The highest BCUT2D eigenvalue weighted by molar-refractivity contribution is 5.79. The van der Waals surface area contributed by atoms with E-state index in [-0.39, 0.29) is 0 Å². The third-order valence-electron chi connectivity index (χ3n) is 3.17.